The molecule has 0 spiro atoms. The molecule has 0 aromatic carbocycles. The standard InChI is InChI=1S/C15H32N2O/c1-6-15(4,11-16-13(2)3)12-17-8-7-14(9-17)10-18-5/h13-14,16H,6-12H2,1-5H3. The zero-order valence-corrected chi connectivity index (χ0v) is 13.0. The second kappa shape index (κ2) is 7.46. The van der Waals surface area contributed by atoms with Gasteiger partial charge in [-0.15, -0.1) is 0 Å². The van der Waals surface area contributed by atoms with Crippen molar-refractivity contribution in [1.82, 2.24) is 10.2 Å². The Morgan fingerprint density at radius 3 is 2.72 bits per heavy atom. The first kappa shape index (κ1) is 15.9. The molecule has 0 aromatic rings. The summed E-state index contributed by atoms with van der Waals surface area (Å²) in [5.74, 6) is 0.745. The van der Waals surface area contributed by atoms with Crippen LogP contribution in [-0.2, 0) is 4.74 Å². The third kappa shape index (κ3) is 5.25. The van der Waals surface area contributed by atoms with Crippen LogP contribution in [0.4, 0.5) is 0 Å². The van der Waals surface area contributed by atoms with Crippen molar-refractivity contribution in [3.8, 4) is 0 Å². The fourth-order valence-corrected chi connectivity index (χ4v) is 2.71. The number of rotatable bonds is 8. The molecular formula is C15H32N2O. The van der Waals surface area contributed by atoms with Crippen molar-refractivity contribution in [2.75, 3.05) is 39.9 Å². The van der Waals surface area contributed by atoms with Gasteiger partial charge >= 0.3 is 0 Å². The summed E-state index contributed by atoms with van der Waals surface area (Å²) in [6.07, 6.45) is 2.53. The molecule has 3 heteroatoms. The lowest BCUT2D eigenvalue weighted by Crippen LogP contribution is -2.43. The van der Waals surface area contributed by atoms with E-state index >= 15 is 0 Å². The summed E-state index contributed by atoms with van der Waals surface area (Å²) in [5, 5.41) is 3.60. The molecule has 0 saturated carbocycles. The predicted molar refractivity (Wildman–Crippen MR) is 78.0 cm³/mol. The molecule has 3 nitrogen and oxygen atoms in total. The highest BCUT2D eigenvalue weighted by Gasteiger charge is 2.29. The van der Waals surface area contributed by atoms with Gasteiger partial charge in [0.1, 0.15) is 0 Å². The quantitative estimate of drug-likeness (QED) is 0.721. The van der Waals surface area contributed by atoms with Gasteiger partial charge in [-0.2, -0.15) is 0 Å². The SMILES string of the molecule is CCC(C)(CNC(C)C)CN1CCC(COC)C1. The first-order valence-corrected chi connectivity index (χ1v) is 7.44. The highest BCUT2D eigenvalue weighted by molar-refractivity contribution is 4.84. The molecule has 0 radical (unpaired) electrons. The zero-order chi connectivity index (χ0) is 13.6. The minimum Gasteiger partial charge on any atom is -0.384 e. The van der Waals surface area contributed by atoms with Gasteiger partial charge in [0.05, 0.1) is 6.61 Å². The van der Waals surface area contributed by atoms with Crippen LogP contribution in [0.15, 0.2) is 0 Å². The normalized spacial score (nSPS) is 24.7. The third-order valence-corrected chi connectivity index (χ3v) is 4.17. The van der Waals surface area contributed by atoms with Gasteiger partial charge in [-0.05, 0) is 30.7 Å². The van der Waals surface area contributed by atoms with Crippen LogP contribution in [0, 0.1) is 11.3 Å². The summed E-state index contributed by atoms with van der Waals surface area (Å²) in [4.78, 5) is 2.62. The fourth-order valence-electron chi connectivity index (χ4n) is 2.71. The van der Waals surface area contributed by atoms with Crippen molar-refractivity contribution in [1.29, 1.82) is 0 Å². The number of methoxy groups -OCH3 is 1. The summed E-state index contributed by atoms with van der Waals surface area (Å²) in [5.41, 5.74) is 0.395. The molecule has 1 saturated heterocycles. The Bertz CT molecular complexity index is 233. The van der Waals surface area contributed by atoms with E-state index < -0.39 is 0 Å². The molecule has 1 aliphatic heterocycles. The second-order valence-electron chi connectivity index (χ2n) is 6.54. The lowest BCUT2D eigenvalue weighted by molar-refractivity contribution is 0.139. The maximum atomic E-state index is 5.27. The molecule has 1 aliphatic rings. The molecule has 0 bridgehead atoms. The van der Waals surface area contributed by atoms with E-state index in [-0.39, 0.29) is 0 Å². The van der Waals surface area contributed by atoms with E-state index in [4.69, 9.17) is 4.74 Å². The molecule has 0 aliphatic carbocycles. The number of nitrogens with zero attached hydrogens (tertiary/aromatic N) is 1. The van der Waals surface area contributed by atoms with E-state index in [0.29, 0.717) is 11.5 Å². The van der Waals surface area contributed by atoms with Gasteiger partial charge in [0, 0.05) is 32.8 Å². The predicted octanol–water partition coefficient (Wildman–Crippen LogP) is 2.37. The minimum absolute atomic E-state index is 0.395. The van der Waals surface area contributed by atoms with Crippen LogP contribution in [0.2, 0.25) is 0 Å². The van der Waals surface area contributed by atoms with E-state index in [1.165, 1.54) is 32.5 Å². The first-order valence-electron chi connectivity index (χ1n) is 7.44. The molecular weight excluding hydrogens is 224 g/mol. The lowest BCUT2D eigenvalue weighted by atomic mass is 9.86. The van der Waals surface area contributed by atoms with Crippen LogP contribution < -0.4 is 5.32 Å². The van der Waals surface area contributed by atoms with Crippen LogP contribution in [0.1, 0.15) is 40.5 Å². The molecule has 108 valence electrons. The van der Waals surface area contributed by atoms with Gasteiger partial charge in [-0.25, -0.2) is 0 Å². The summed E-state index contributed by atoms with van der Waals surface area (Å²) in [7, 11) is 1.81. The number of nitrogens with one attached hydrogen (secondary N) is 1. The summed E-state index contributed by atoms with van der Waals surface area (Å²) in [6, 6.07) is 0.579. The Hall–Kier alpha value is -0.120. The van der Waals surface area contributed by atoms with E-state index in [1.807, 2.05) is 7.11 Å². The average Bonchev–Trinajstić information content (AvgIpc) is 2.74. The first-order chi connectivity index (χ1) is 8.49. The summed E-state index contributed by atoms with van der Waals surface area (Å²) in [6.45, 7) is 14.9. The highest BCUT2D eigenvalue weighted by Crippen LogP contribution is 2.26. The van der Waals surface area contributed by atoms with Gasteiger partial charge in [0.15, 0.2) is 0 Å². The number of hydrogen-bond donors (Lipinski definition) is 1. The Morgan fingerprint density at radius 2 is 2.17 bits per heavy atom. The van der Waals surface area contributed by atoms with Crippen LogP contribution >= 0.6 is 0 Å². The Morgan fingerprint density at radius 1 is 1.44 bits per heavy atom. The van der Waals surface area contributed by atoms with Crippen molar-refractivity contribution < 1.29 is 4.74 Å². The Balaban J connectivity index is 2.38. The lowest BCUT2D eigenvalue weighted by Gasteiger charge is -2.34. The topological polar surface area (TPSA) is 24.5 Å². The molecule has 1 rings (SSSR count). The summed E-state index contributed by atoms with van der Waals surface area (Å²) < 4.78 is 5.27. The van der Waals surface area contributed by atoms with Gasteiger partial charge < -0.3 is 15.0 Å². The molecule has 1 heterocycles. The molecule has 1 fully saturated rings. The molecule has 1 N–H and O–H groups in total. The van der Waals surface area contributed by atoms with Crippen LogP contribution in [0.25, 0.3) is 0 Å². The Kier molecular flexibility index (Phi) is 6.61. The number of hydrogen-bond acceptors (Lipinski definition) is 3. The van der Waals surface area contributed by atoms with E-state index in [2.05, 4.69) is 37.9 Å². The number of ether oxygens (including phenoxy) is 1. The van der Waals surface area contributed by atoms with Gasteiger partial charge in [-0.1, -0.05) is 27.7 Å². The van der Waals surface area contributed by atoms with Gasteiger partial charge in [-0.3, -0.25) is 0 Å². The second-order valence-corrected chi connectivity index (χ2v) is 6.54. The van der Waals surface area contributed by atoms with Crippen molar-refractivity contribution in [3.63, 3.8) is 0 Å². The van der Waals surface area contributed by atoms with Gasteiger partial charge in [0.2, 0.25) is 0 Å². The highest BCUT2D eigenvalue weighted by atomic mass is 16.5. The maximum Gasteiger partial charge on any atom is 0.0503 e. The zero-order valence-electron chi connectivity index (χ0n) is 13.0. The minimum atomic E-state index is 0.395. The van der Waals surface area contributed by atoms with Crippen LogP contribution in [0.5, 0.6) is 0 Å². The van der Waals surface area contributed by atoms with Crippen molar-refractivity contribution >= 4 is 0 Å². The molecule has 0 amide bonds. The smallest absolute Gasteiger partial charge is 0.0503 e. The molecule has 18 heavy (non-hydrogen) atoms. The number of likely N-dealkylation sites (tertiary alicyclic amines) is 1. The van der Waals surface area contributed by atoms with Crippen molar-refractivity contribution in [2.24, 2.45) is 11.3 Å². The molecule has 2 unspecified atom stereocenters. The molecule has 2 atom stereocenters. The monoisotopic (exact) mass is 256 g/mol. The van der Waals surface area contributed by atoms with Crippen LogP contribution in [-0.4, -0.2) is 50.8 Å². The van der Waals surface area contributed by atoms with Crippen molar-refractivity contribution in [2.45, 2.75) is 46.6 Å². The van der Waals surface area contributed by atoms with Crippen LogP contribution in [0.3, 0.4) is 0 Å². The summed E-state index contributed by atoms with van der Waals surface area (Å²) >= 11 is 0. The molecule has 0 aromatic heterocycles. The fraction of sp³-hybridized carbons (Fsp3) is 1.00. The Labute approximate surface area is 113 Å². The van der Waals surface area contributed by atoms with E-state index in [9.17, 15) is 0 Å². The third-order valence-electron chi connectivity index (χ3n) is 4.17. The largest absolute Gasteiger partial charge is 0.384 e. The van der Waals surface area contributed by atoms with E-state index in [0.717, 1.165) is 19.1 Å². The van der Waals surface area contributed by atoms with Gasteiger partial charge in [0.25, 0.3) is 0 Å². The maximum absolute atomic E-state index is 5.27. The average molecular weight is 256 g/mol. The van der Waals surface area contributed by atoms with E-state index in [1.54, 1.807) is 0 Å². The van der Waals surface area contributed by atoms with Crippen molar-refractivity contribution in [3.05, 3.63) is 0 Å².